The molecule has 2 rings (SSSR count). The van der Waals surface area contributed by atoms with Crippen molar-refractivity contribution in [1.82, 2.24) is 10.6 Å². The molecule has 0 bridgehead atoms. The lowest BCUT2D eigenvalue weighted by atomic mass is 9.91. The van der Waals surface area contributed by atoms with E-state index in [4.69, 9.17) is 4.74 Å². The number of hydrogen-bond donors (Lipinski definition) is 4. The van der Waals surface area contributed by atoms with Gasteiger partial charge in [-0.1, -0.05) is 76.6 Å². The molecule has 2 aromatic carbocycles. The molecule has 0 spiro atoms. The fourth-order valence-corrected chi connectivity index (χ4v) is 4.18. The van der Waals surface area contributed by atoms with Crippen LogP contribution >= 0.6 is 0 Å². The van der Waals surface area contributed by atoms with Gasteiger partial charge in [0, 0.05) is 0 Å². The minimum atomic E-state index is -1.18. The van der Waals surface area contributed by atoms with Crippen molar-refractivity contribution in [3.8, 4) is 0 Å². The second-order valence-electron chi connectivity index (χ2n) is 11.2. The van der Waals surface area contributed by atoms with Crippen LogP contribution in [0.3, 0.4) is 0 Å². The molecule has 2 amide bonds. The summed E-state index contributed by atoms with van der Waals surface area (Å²) in [7, 11) is 0. The summed E-state index contributed by atoms with van der Waals surface area (Å²) in [5.74, 6) is -0.415. The van der Waals surface area contributed by atoms with Crippen molar-refractivity contribution in [2.24, 2.45) is 11.8 Å². The minimum Gasteiger partial charge on any atom is -0.444 e. The Morgan fingerprint density at radius 3 is 2.19 bits per heavy atom. The summed E-state index contributed by atoms with van der Waals surface area (Å²) >= 11 is 0. The lowest BCUT2D eigenvalue weighted by Gasteiger charge is -2.32. The molecule has 36 heavy (non-hydrogen) atoms. The van der Waals surface area contributed by atoms with Gasteiger partial charge in [0.25, 0.3) is 0 Å². The molecule has 0 aromatic heterocycles. The Hall–Kier alpha value is -2.64. The highest BCUT2D eigenvalue weighted by atomic mass is 16.6. The molecule has 4 N–H and O–H groups in total. The molecule has 0 aliphatic carbocycles. The summed E-state index contributed by atoms with van der Waals surface area (Å²) in [6.07, 6.45) is -1.47. The van der Waals surface area contributed by atoms with Gasteiger partial charge in [0.05, 0.1) is 12.1 Å². The predicted molar refractivity (Wildman–Crippen MR) is 144 cm³/mol. The van der Waals surface area contributed by atoms with E-state index in [0.29, 0.717) is 19.3 Å². The molecule has 0 fully saturated rings. The number of aliphatic hydroxyl groups excluding tert-OH is 2. The molecule has 0 saturated heterocycles. The minimum absolute atomic E-state index is 0.170. The van der Waals surface area contributed by atoms with Gasteiger partial charge in [-0.2, -0.15) is 0 Å². The first kappa shape index (κ1) is 29.6. The van der Waals surface area contributed by atoms with Gasteiger partial charge >= 0.3 is 6.09 Å². The van der Waals surface area contributed by atoms with E-state index < -0.39 is 41.9 Å². The molecule has 0 aliphatic heterocycles. The number of hydrogen-bond acceptors (Lipinski definition) is 5. The average Bonchev–Trinajstić information content (AvgIpc) is 2.79. The SMILES string of the molecule is CC[C@H](C)[C@H](NC(=O)OC(C)(C)C)C(=O)N[C@@H](Cc1ccc2ccccc2c1)[C@@H](O)[C@@H](O)CC(C)C. The Balaban J connectivity index is 2.29. The zero-order chi connectivity index (χ0) is 27.0. The molecule has 0 radical (unpaired) electrons. The molecule has 200 valence electrons. The Kier molecular flexibility index (Phi) is 10.7. The Bertz CT molecular complexity index is 1000. The van der Waals surface area contributed by atoms with Crippen LogP contribution in [0.5, 0.6) is 0 Å². The van der Waals surface area contributed by atoms with Crippen LogP contribution in [0.1, 0.15) is 66.9 Å². The summed E-state index contributed by atoms with van der Waals surface area (Å²) in [5, 5.41) is 29.6. The third-order valence-electron chi connectivity index (χ3n) is 6.28. The van der Waals surface area contributed by atoms with Gasteiger partial charge in [0.2, 0.25) is 5.91 Å². The number of amides is 2. The molecule has 5 atom stereocenters. The summed E-state index contributed by atoms with van der Waals surface area (Å²) in [6.45, 7) is 13.0. The molecule has 0 heterocycles. The highest BCUT2D eigenvalue weighted by molar-refractivity contribution is 5.86. The molecule has 0 unspecified atom stereocenters. The van der Waals surface area contributed by atoms with Crippen molar-refractivity contribution >= 4 is 22.8 Å². The quantitative estimate of drug-likeness (QED) is 0.361. The number of benzene rings is 2. The van der Waals surface area contributed by atoms with Gasteiger partial charge in [0.1, 0.15) is 17.7 Å². The number of nitrogens with one attached hydrogen (secondary N) is 2. The van der Waals surface area contributed by atoms with Crippen LogP contribution in [0.2, 0.25) is 0 Å². The maximum atomic E-state index is 13.4. The highest BCUT2D eigenvalue weighted by Crippen LogP contribution is 2.20. The molecular weight excluding hydrogens is 456 g/mol. The second-order valence-corrected chi connectivity index (χ2v) is 11.2. The van der Waals surface area contributed by atoms with Gasteiger partial charge in [-0.15, -0.1) is 0 Å². The summed E-state index contributed by atoms with van der Waals surface area (Å²) in [4.78, 5) is 25.9. The smallest absolute Gasteiger partial charge is 0.408 e. The van der Waals surface area contributed by atoms with E-state index in [9.17, 15) is 19.8 Å². The lowest BCUT2D eigenvalue weighted by Crippen LogP contribution is -2.57. The molecule has 0 saturated carbocycles. The fraction of sp³-hybridized carbons (Fsp3) is 0.586. The lowest BCUT2D eigenvalue weighted by molar-refractivity contribution is -0.126. The monoisotopic (exact) mass is 500 g/mol. The van der Waals surface area contributed by atoms with Crippen LogP contribution in [-0.4, -0.2) is 52.1 Å². The molecule has 7 heteroatoms. The molecule has 0 aliphatic rings. The predicted octanol–water partition coefficient (Wildman–Crippen LogP) is 4.57. The van der Waals surface area contributed by atoms with Crippen molar-refractivity contribution in [3.05, 3.63) is 48.0 Å². The van der Waals surface area contributed by atoms with Gasteiger partial charge in [0.15, 0.2) is 0 Å². The number of rotatable bonds is 11. The van der Waals surface area contributed by atoms with Crippen molar-refractivity contribution in [3.63, 3.8) is 0 Å². The first-order chi connectivity index (χ1) is 16.8. The van der Waals surface area contributed by atoms with Crippen LogP contribution in [0.15, 0.2) is 42.5 Å². The van der Waals surface area contributed by atoms with Crippen molar-refractivity contribution in [2.45, 2.75) is 97.6 Å². The standard InChI is InChI=1S/C29H44N2O5/c1-8-19(4)25(31-28(35)36-29(5,6)7)27(34)30-23(26(33)24(32)15-18(2)3)17-20-13-14-21-11-9-10-12-22(21)16-20/h9-14,16,18-19,23-26,32-33H,8,15,17H2,1-7H3,(H,30,34)(H,31,35)/t19-,23-,24-,25-,26+/m0/s1. The van der Waals surface area contributed by atoms with Crippen LogP contribution in [-0.2, 0) is 16.0 Å². The number of fused-ring (bicyclic) bond motifs is 1. The first-order valence-electron chi connectivity index (χ1n) is 12.9. The number of aliphatic hydroxyl groups is 2. The summed E-state index contributed by atoms with van der Waals surface area (Å²) in [5.41, 5.74) is 0.228. The third-order valence-corrected chi connectivity index (χ3v) is 6.28. The van der Waals surface area contributed by atoms with Crippen molar-refractivity contribution < 1.29 is 24.5 Å². The maximum absolute atomic E-state index is 13.4. The van der Waals surface area contributed by atoms with Crippen molar-refractivity contribution in [1.29, 1.82) is 0 Å². The first-order valence-corrected chi connectivity index (χ1v) is 12.9. The van der Waals surface area contributed by atoms with E-state index in [0.717, 1.165) is 16.3 Å². The van der Waals surface area contributed by atoms with Gasteiger partial charge < -0.3 is 25.6 Å². The van der Waals surface area contributed by atoms with Gasteiger partial charge in [-0.25, -0.2) is 4.79 Å². The molecular formula is C29H44N2O5. The zero-order valence-electron chi connectivity index (χ0n) is 22.7. The van der Waals surface area contributed by atoms with Gasteiger partial charge in [-0.3, -0.25) is 4.79 Å². The topological polar surface area (TPSA) is 108 Å². The molecule has 7 nitrogen and oxygen atoms in total. The van der Waals surface area contributed by atoms with Crippen LogP contribution in [0.25, 0.3) is 10.8 Å². The summed E-state index contributed by atoms with van der Waals surface area (Å²) in [6, 6.07) is 12.4. The second kappa shape index (κ2) is 13.1. The Labute approximate surface area is 215 Å². The van der Waals surface area contributed by atoms with E-state index in [1.165, 1.54) is 0 Å². The fourth-order valence-electron chi connectivity index (χ4n) is 4.18. The van der Waals surface area contributed by atoms with Crippen molar-refractivity contribution in [2.75, 3.05) is 0 Å². The summed E-state index contributed by atoms with van der Waals surface area (Å²) < 4.78 is 5.36. The number of alkyl carbamates (subject to hydrolysis) is 1. The highest BCUT2D eigenvalue weighted by Gasteiger charge is 2.33. The maximum Gasteiger partial charge on any atom is 0.408 e. The molecule has 2 aromatic rings. The van der Waals surface area contributed by atoms with Crippen LogP contribution in [0, 0.1) is 11.8 Å². The van der Waals surface area contributed by atoms with E-state index >= 15 is 0 Å². The Morgan fingerprint density at radius 2 is 1.61 bits per heavy atom. The van der Waals surface area contributed by atoms with Crippen LogP contribution in [0.4, 0.5) is 4.79 Å². The van der Waals surface area contributed by atoms with Crippen LogP contribution < -0.4 is 10.6 Å². The number of carbonyl (C=O) groups is 2. The van der Waals surface area contributed by atoms with Gasteiger partial charge in [-0.05, 0) is 61.8 Å². The third kappa shape index (κ3) is 9.10. The van der Waals surface area contributed by atoms with E-state index in [2.05, 4.69) is 10.6 Å². The number of ether oxygens (including phenoxy) is 1. The zero-order valence-corrected chi connectivity index (χ0v) is 22.7. The Morgan fingerprint density at radius 1 is 0.972 bits per heavy atom. The van der Waals surface area contributed by atoms with E-state index in [1.54, 1.807) is 20.8 Å². The van der Waals surface area contributed by atoms with E-state index in [1.807, 2.05) is 70.2 Å². The number of carbonyl (C=O) groups excluding carboxylic acids is 2. The van der Waals surface area contributed by atoms with E-state index in [-0.39, 0.29) is 11.8 Å². The normalized spacial score (nSPS) is 16.2. The largest absolute Gasteiger partial charge is 0.444 e. The average molecular weight is 501 g/mol.